The number of ketones is 1. The van der Waals surface area contributed by atoms with Crippen LogP contribution in [0.1, 0.15) is 175 Å². The van der Waals surface area contributed by atoms with Crippen LogP contribution in [0.3, 0.4) is 0 Å². The highest BCUT2D eigenvalue weighted by molar-refractivity contribution is 7.95. The molecule has 0 saturated carbocycles. The Bertz CT molecular complexity index is 1210. The minimum atomic E-state index is -2.23. The van der Waals surface area contributed by atoms with Crippen molar-refractivity contribution in [2.45, 2.75) is 175 Å². The number of hydrogen-bond donors (Lipinski definition) is 0. The second-order valence-corrected chi connectivity index (χ2v) is 19.0. The summed E-state index contributed by atoms with van der Waals surface area (Å²) >= 11 is 0. The van der Waals surface area contributed by atoms with E-state index in [0.717, 1.165) is 18.8 Å². The van der Waals surface area contributed by atoms with E-state index in [4.69, 9.17) is 0 Å². The molecule has 0 heterocycles. The molecule has 2 unspecified atom stereocenters. The van der Waals surface area contributed by atoms with Crippen molar-refractivity contribution in [3.05, 3.63) is 91.0 Å². The Kier molecular flexibility index (Phi) is 23.0. The highest BCUT2D eigenvalue weighted by Gasteiger charge is 2.27. The molecule has 0 aromatic heterocycles. The van der Waals surface area contributed by atoms with Gasteiger partial charge in [0.05, 0.1) is 0 Å². The molecular weight excluding hydrogens is 636 g/mol. The molecule has 0 N–H and O–H groups in total. The minimum Gasteiger partial charge on any atom is -0.294 e. The topological polar surface area (TPSA) is 17.1 Å². The molecule has 1 nitrogen and oxygen atoms in total. The largest absolute Gasteiger partial charge is 0.294 e. The van der Waals surface area contributed by atoms with Gasteiger partial charge in [-0.3, -0.25) is 4.79 Å². The van der Waals surface area contributed by atoms with Crippen molar-refractivity contribution in [3.63, 3.8) is 0 Å². The lowest BCUT2D eigenvalue weighted by atomic mass is 9.95. The number of rotatable bonds is 30. The third kappa shape index (κ3) is 16.9. The normalized spacial score (nSPS) is 12.8. The highest BCUT2D eigenvalue weighted by Crippen LogP contribution is 2.44. The van der Waals surface area contributed by atoms with Gasteiger partial charge in [0.25, 0.3) is 0 Å². The lowest BCUT2D eigenvalue weighted by molar-refractivity contribution is -0.115. The van der Waals surface area contributed by atoms with Crippen LogP contribution in [-0.4, -0.2) is 11.6 Å². The predicted octanol–water partition coefficient (Wildman–Crippen LogP) is 14.0. The van der Waals surface area contributed by atoms with Crippen LogP contribution >= 0.6 is 6.89 Å². The number of carbonyl (C=O) groups excluding carboxylic acids is 1. The standard InChI is InChI=1S/C49H75OP/c1-4-5-6-7-8-9-10-11-12-13-14-15-16-17-19-25-34-44(2)35-26-20-18-21-27-36-45(3)49(50)43-51(46-37-28-22-29-38-46,47-39-30-23-31-40-47)48-41-32-24-33-42-48/h22-24,28-33,37-45H,4-21,25-27,34-36H2,1-3H3. The van der Waals surface area contributed by atoms with Crippen molar-refractivity contribution in [3.8, 4) is 0 Å². The van der Waals surface area contributed by atoms with E-state index >= 15 is 0 Å². The highest BCUT2D eigenvalue weighted by atomic mass is 31.2. The van der Waals surface area contributed by atoms with Crippen molar-refractivity contribution in [2.75, 3.05) is 0 Å². The van der Waals surface area contributed by atoms with E-state index in [1.807, 2.05) is 0 Å². The Morgan fingerprint density at radius 1 is 0.451 bits per heavy atom. The fourth-order valence-electron chi connectivity index (χ4n) is 7.78. The zero-order chi connectivity index (χ0) is 36.2. The molecule has 3 rings (SSSR count). The summed E-state index contributed by atoms with van der Waals surface area (Å²) in [5.74, 6) is 3.34. The number of Topliss-reactive ketones (excluding diaryl/α,β-unsaturated/α-hetero) is 1. The fourth-order valence-corrected chi connectivity index (χ4v) is 11.7. The van der Waals surface area contributed by atoms with Gasteiger partial charge in [-0.2, -0.15) is 0 Å². The van der Waals surface area contributed by atoms with Crippen molar-refractivity contribution in [1.82, 2.24) is 0 Å². The first kappa shape index (κ1) is 43.0. The Labute approximate surface area is 315 Å². The first-order chi connectivity index (χ1) is 25.1. The van der Waals surface area contributed by atoms with Crippen LogP contribution in [0.25, 0.3) is 0 Å². The zero-order valence-electron chi connectivity index (χ0n) is 33.2. The molecule has 0 fully saturated rings. The molecule has 0 spiro atoms. The summed E-state index contributed by atoms with van der Waals surface area (Å²) in [5.41, 5.74) is 0. The van der Waals surface area contributed by atoms with Crippen LogP contribution in [0, 0.1) is 11.8 Å². The molecule has 51 heavy (non-hydrogen) atoms. The van der Waals surface area contributed by atoms with E-state index in [1.165, 1.54) is 157 Å². The molecule has 282 valence electrons. The van der Waals surface area contributed by atoms with E-state index in [9.17, 15) is 4.79 Å². The van der Waals surface area contributed by atoms with Gasteiger partial charge in [-0.25, -0.2) is 0 Å². The molecule has 0 aliphatic rings. The van der Waals surface area contributed by atoms with Crippen LogP contribution in [0.5, 0.6) is 0 Å². The van der Waals surface area contributed by atoms with Gasteiger partial charge in [0.1, 0.15) is 0 Å². The minimum absolute atomic E-state index is 0.0419. The average Bonchev–Trinajstić information content (AvgIpc) is 3.17. The summed E-state index contributed by atoms with van der Waals surface area (Å²) in [5, 5.41) is 3.73. The van der Waals surface area contributed by atoms with Gasteiger partial charge in [-0.1, -0.05) is 259 Å². The molecule has 2 atom stereocenters. The maximum absolute atomic E-state index is 13.9. The summed E-state index contributed by atoms with van der Waals surface area (Å²) in [6.45, 7) is 4.69. The summed E-state index contributed by atoms with van der Waals surface area (Å²) in [6, 6.07) is 32.2. The Balaban J connectivity index is 1.26. The maximum Gasteiger partial charge on any atom is 0.159 e. The van der Waals surface area contributed by atoms with E-state index in [2.05, 4.69) is 118 Å². The second kappa shape index (κ2) is 27.3. The lowest BCUT2D eigenvalue weighted by Crippen LogP contribution is -2.29. The molecule has 0 amide bonds. The average molecular weight is 711 g/mol. The summed E-state index contributed by atoms with van der Waals surface area (Å²) in [4.78, 5) is 13.9. The van der Waals surface area contributed by atoms with E-state index in [-0.39, 0.29) is 5.92 Å². The van der Waals surface area contributed by atoms with E-state index < -0.39 is 6.89 Å². The van der Waals surface area contributed by atoms with Crippen molar-refractivity contribution < 1.29 is 4.79 Å². The van der Waals surface area contributed by atoms with Gasteiger partial charge >= 0.3 is 0 Å². The van der Waals surface area contributed by atoms with E-state index in [0.29, 0.717) is 5.78 Å². The first-order valence-corrected chi connectivity index (χ1v) is 23.4. The number of carbonyl (C=O) groups is 1. The van der Waals surface area contributed by atoms with Gasteiger partial charge in [0.2, 0.25) is 0 Å². The Hall–Kier alpha value is -2.37. The molecular formula is C49H75OP. The van der Waals surface area contributed by atoms with Crippen LogP contribution in [0.15, 0.2) is 91.0 Å². The smallest absolute Gasteiger partial charge is 0.159 e. The number of unbranched alkanes of at least 4 members (excludes halogenated alkanes) is 19. The van der Waals surface area contributed by atoms with Gasteiger partial charge in [0, 0.05) is 5.92 Å². The predicted molar refractivity (Wildman–Crippen MR) is 231 cm³/mol. The third-order valence-electron chi connectivity index (χ3n) is 11.2. The Morgan fingerprint density at radius 2 is 0.745 bits per heavy atom. The summed E-state index contributed by atoms with van der Waals surface area (Å²) in [7, 11) is 0. The van der Waals surface area contributed by atoms with E-state index in [1.54, 1.807) is 0 Å². The lowest BCUT2D eigenvalue weighted by Gasteiger charge is -2.29. The van der Waals surface area contributed by atoms with Crippen LogP contribution < -0.4 is 15.9 Å². The van der Waals surface area contributed by atoms with Crippen molar-refractivity contribution >= 4 is 34.4 Å². The maximum atomic E-state index is 13.9. The fraction of sp³-hybridized carbons (Fsp3) is 0.592. The molecule has 3 aromatic rings. The molecule has 0 saturated heterocycles. The molecule has 3 aromatic carbocycles. The van der Waals surface area contributed by atoms with Crippen LogP contribution in [-0.2, 0) is 4.79 Å². The summed E-state index contributed by atoms with van der Waals surface area (Å²) in [6.07, 6.45) is 33.3. The van der Waals surface area contributed by atoms with Gasteiger partial charge in [-0.15, -0.1) is 0 Å². The molecule has 0 aliphatic heterocycles. The van der Waals surface area contributed by atoms with Crippen molar-refractivity contribution in [2.24, 2.45) is 11.8 Å². The monoisotopic (exact) mass is 711 g/mol. The van der Waals surface area contributed by atoms with Gasteiger partial charge in [-0.05, 0) is 40.9 Å². The quantitative estimate of drug-likeness (QED) is 0.0497. The molecule has 0 radical (unpaired) electrons. The number of hydrogen-bond acceptors (Lipinski definition) is 1. The van der Waals surface area contributed by atoms with Crippen molar-refractivity contribution in [1.29, 1.82) is 0 Å². The van der Waals surface area contributed by atoms with Gasteiger partial charge < -0.3 is 0 Å². The SMILES string of the molecule is CCCCCCCCCCCCCCCCCCC(C)CCCCCCCC(C)C(=O)C=P(c1ccccc1)(c1ccccc1)c1ccccc1. The zero-order valence-corrected chi connectivity index (χ0v) is 34.1. The van der Waals surface area contributed by atoms with Gasteiger partial charge in [0.15, 0.2) is 5.78 Å². The number of benzene rings is 3. The van der Waals surface area contributed by atoms with Crippen LogP contribution in [0.4, 0.5) is 0 Å². The first-order valence-electron chi connectivity index (χ1n) is 21.5. The molecule has 2 heteroatoms. The summed E-state index contributed by atoms with van der Waals surface area (Å²) < 4.78 is 0. The molecule has 0 aliphatic carbocycles. The Morgan fingerprint density at radius 3 is 1.08 bits per heavy atom. The van der Waals surface area contributed by atoms with Crippen LogP contribution in [0.2, 0.25) is 0 Å². The molecule has 0 bridgehead atoms. The third-order valence-corrected chi connectivity index (χ3v) is 15.2. The second-order valence-electron chi connectivity index (χ2n) is 15.7.